The van der Waals surface area contributed by atoms with Crippen molar-refractivity contribution in [3.05, 3.63) is 84.1 Å². The first-order valence-corrected chi connectivity index (χ1v) is 8.11. The van der Waals surface area contributed by atoms with Gasteiger partial charge in [-0.1, -0.05) is 23.4 Å². The Kier molecular flexibility index (Phi) is 5.09. The molecule has 0 radical (unpaired) electrons. The standard InChI is InChI=1S/C20H16N4O2.ClH/c1-14(22-25)15-7-8-20-19(11-15)21-13-24(20)18-6-2-4-16(10-18)17-5-3-9-23(26)12-17;/h2-13,25H,1H3;1H/b22-14-;. The van der Waals surface area contributed by atoms with E-state index in [2.05, 4.69) is 10.1 Å². The number of fused-ring (bicyclic) bond motifs is 1. The molecule has 4 rings (SSSR count). The summed E-state index contributed by atoms with van der Waals surface area (Å²) in [5, 5.41) is 23.7. The summed E-state index contributed by atoms with van der Waals surface area (Å²) in [5.74, 6) is 0. The van der Waals surface area contributed by atoms with E-state index in [-0.39, 0.29) is 12.4 Å². The molecule has 2 heterocycles. The Morgan fingerprint density at radius 1 is 1.11 bits per heavy atom. The van der Waals surface area contributed by atoms with Crippen molar-refractivity contribution in [1.29, 1.82) is 0 Å². The molecule has 0 aliphatic rings. The van der Waals surface area contributed by atoms with Gasteiger partial charge in [-0.05, 0) is 42.8 Å². The predicted molar refractivity (Wildman–Crippen MR) is 107 cm³/mol. The van der Waals surface area contributed by atoms with Gasteiger partial charge in [-0.15, -0.1) is 12.4 Å². The molecule has 1 N–H and O–H groups in total. The number of imidazole rings is 1. The summed E-state index contributed by atoms with van der Waals surface area (Å²) >= 11 is 0. The van der Waals surface area contributed by atoms with Crippen LogP contribution in [0.4, 0.5) is 0 Å². The highest BCUT2D eigenvalue weighted by Gasteiger charge is 2.09. The van der Waals surface area contributed by atoms with Gasteiger partial charge in [-0.3, -0.25) is 4.57 Å². The van der Waals surface area contributed by atoms with Gasteiger partial charge in [0.05, 0.1) is 16.7 Å². The van der Waals surface area contributed by atoms with Crippen molar-refractivity contribution < 1.29 is 9.94 Å². The van der Waals surface area contributed by atoms with Gasteiger partial charge in [-0.2, -0.15) is 4.73 Å². The van der Waals surface area contributed by atoms with Crippen molar-refractivity contribution in [2.24, 2.45) is 5.16 Å². The molecule has 7 heteroatoms. The van der Waals surface area contributed by atoms with E-state index in [4.69, 9.17) is 5.21 Å². The lowest BCUT2D eigenvalue weighted by molar-refractivity contribution is -0.604. The Morgan fingerprint density at radius 3 is 2.70 bits per heavy atom. The summed E-state index contributed by atoms with van der Waals surface area (Å²) < 4.78 is 2.78. The minimum atomic E-state index is 0. The lowest BCUT2D eigenvalue weighted by Gasteiger charge is -2.08. The fourth-order valence-electron chi connectivity index (χ4n) is 2.96. The molecule has 0 aliphatic heterocycles. The molecule has 136 valence electrons. The highest BCUT2D eigenvalue weighted by atomic mass is 35.5. The molecule has 0 atom stereocenters. The topological polar surface area (TPSA) is 77.4 Å². The Hall–Kier alpha value is -3.38. The van der Waals surface area contributed by atoms with E-state index in [1.807, 2.05) is 53.1 Å². The summed E-state index contributed by atoms with van der Waals surface area (Å²) in [4.78, 5) is 4.46. The third-order valence-electron chi connectivity index (χ3n) is 4.35. The molecule has 2 aromatic carbocycles. The first-order valence-electron chi connectivity index (χ1n) is 8.11. The minimum absolute atomic E-state index is 0. The normalized spacial score (nSPS) is 11.4. The summed E-state index contributed by atoms with van der Waals surface area (Å²) in [6.45, 7) is 1.74. The summed E-state index contributed by atoms with van der Waals surface area (Å²) in [6, 6.07) is 17.3. The van der Waals surface area contributed by atoms with Crippen LogP contribution < -0.4 is 4.73 Å². The molecular weight excluding hydrogens is 364 g/mol. The lowest BCUT2D eigenvalue weighted by atomic mass is 10.1. The number of hydrogen-bond acceptors (Lipinski definition) is 4. The van der Waals surface area contributed by atoms with Crippen molar-refractivity contribution in [1.82, 2.24) is 9.55 Å². The van der Waals surface area contributed by atoms with Gasteiger partial charge in [0.25, 0.3) is 0 Å². The first kappa shape index (κ1) is 18.4. The Bertz CT molecular complexity index is 1140. The van der Waals surface area contributed by atoms with Crippen LogP contribution in [0.2, 0.25) is 0 Å². The van der Waals surface area contributed by atoms with Crippen molar-refractivity contribution in [2.45, 2.75) is 6.92 Å². The highest BCUT2D eigenvalue weighted by molar-refractivity contribution is 6.00. The number of halogens is 1. The highest BCUT2D eigenvalue weighted by Crippen LogP contribution is 2.24. The molecule has 0 amide bonds. The third kappa shape index (κ3) is 3.47. The van der Waals surface area contributed by atoms with Crippen LogP contribution in [0, 0.1) is 5.21 Å². The average Bonchev–Trinajstić information content (AvgIpc) is 3.10. The molecular formula is C20H17ClN4O2. The Morgan fingerprint density at radius 2 is 1.93 bits per heavy atom. The van der Waals surface area contributed by atoms with E-state index < -0.39 is 0 Å². The number of hydrogen-bond donors (Lipinski definition) is 1. The predicted octanol–water partition coefficient (Wildman–Crippen LogP) is 3.95. The Labute approximate surface area is 162 Å². The van der Waals surface area contributed by atoms with E-state index in [9.17, 15) is 5.21 Å². The zero-order chi connectivity index (χ0) is 18.1. The lowest BCUT2D eigenvalue weighted by Crippen LogP contribution is -2.23. The zero-order valence-electron chi connectivity index (χ0n) is 14.5. The number of aromatic nitrogens is 3. The Balaban J connectivity index is 0.00000210. The van der Waals surface area contributed by atoms with Gasteiger partial charge in [0, 0.05) is 22.9 Å². The molecule has 2 aromatic heterocycles. The maximum atomic E-state index is 11.5. The molecule has 0 spiro atoms. The number of rotatable bonds is 3. The third-order valence-corrected chi connectivity index (χ3v) is 4.35. The number of benzene rings is 2. The van der Waals surface area contributed by atoms with Crippen LogP contribution >= 0.6 is 12.4 Å². The van der Waals surface area contributed by atoms with Gasteiger partial charge in [-0.25, -0.2) is 4.98 Å². The monoisotopic (exact) mass is 380 g/mol. The van der Waals surface area contributed by atoms with Crippen LogP contribution in [0.5, 0.6) is 0 Å². The second kappa shape index (κ2) is 7.47. The molecule has 0 unspecified atom stereocenters. The maximum Gasteiger partial charge on any atom is 0.188 e. The van der Waals surface area contributed by atoms with Crippen LogP contribution in [0.3, 0.4) is 0 Å². The molecule has 27 heavy (non-hydrogen) atoms. The van der Waals surface area contributed by atoms with E-state index in [0.29, 0.717) is 5.71 Å². The fourth-order valence-corrected chi connectivity index (χ4v) is 2.96. The molecule has 0 saturated heterocycles. The fraction of sp³-hybridized carbons (Fsp3) is 0.0500. The first-order chi connectivity index (χ1) is 12.7. The molecule has 0 aliphatic carbocycles. The van der Waals surface area contributed by atoms with E-state index in [1.54, 1.807) is 25.5 Å². The smallest absolute Gasteiger partial charge is 0.188 e. The van der Waals surface area contributed by atoms with Gasteiger partial charge < -0.3 is 10.4 Å². The van der Waals surface area contributed by atoms with Gasteiger partial charge in [0.2, 0.25) is 0 Å². The van der Waals surface area contributed by atoms with Gasteiger partial charge >= 0.3 is 0 Å². The van der Waals surface area contributed by atoms with Crippen LogP contribution in [0.1, 0.15) is 12.5 Å². The van der Waals surface area contributed by atoms with Crippen LogP contribution in [0.15, 0.2) is 78.5 Å². The van der Waals surface area contributed by atoms with Crippen LogP contribution in [-0.4, -0.2) is 20.5 Å². The van der Waals surface area contributed by atoms with E-state index in [1.165, 1.54) is 6.20 Å². The van der Waals surface area contributed by atoms with E-state index >= 15 is 0 Å². The molecule has 0 saturated carbocycles. The average molecular weight is 381 g/mol. The number of oxime groups is 1. The molecule has 4 aromatic rings. The van der Waals surface area contributed by atoms with Crippen LogP contribution in [-0.2, 0) is 0 Å². The van der Waals surface area contributed by atoms with Crippen molar-refractivity contribution in [2.75, 3.05) is 0 Å². The van der Waals surface area contributed by atoms with Crippen molar-refractivity contribution in [3.63, 3.8) is 0 Å². The second-order valence-corrected chi connectivity index (χ2v) is 6.01. The zero-order valence-corrected chi connectivity index (χ0v) is 15.3. The number of pyridine rings is 1. The van der Waals surface area contributed by atoms with E-state index in [0.717, 1.165) is 38.1 Å². The largest absolute Gasteiger partial charge is 0.619 e. The maximum absolute atomic E-state index is 11.5. The SMILES string of the molecule is C/C(=N/O)c1ccc2c(c1)ncn2-c1cccc(-c2ccc[n+]([O-])c2)c1.Cl. The molecule has 0 fully saturated rings. The van der Waals surface area contributed by atoms with Gasteiger partial charge in [0.1, 0.15) is 6.33 Å². The molecule has 6 nitrogen and oxygen atoms in total. The summed E-state index contributed by atoms with van der Waals surface area (Å²) in [5.41, 5.74) is 5.88. The number of nitrogens with zero attached hydrogens (tertiary/aromatic N) is 4. The van der Waals surface area contributed by atoms with Crippen LogP contribution in [0.25, 0.3) is 27.8 Å². The summed E-state index contributed by atoms with van der Waals surface area (Å²) in [7, 11) is 0. The second-order valence-electron chi connectivity index (χ2n) is 6.01. The van der Waals surface area contributed by atoms with Crippen molar-refractivity contribution >= 4 is 29.2 Å². The summed E-state index contributed by atoms with van der Waals surface area (Å²) in [6.07, 6.45) is 4.78. The quantitative estimate of drug-likeness (QED) is 0.192. The molecule has 0 bridgehead atoms. The van der Waals surface area contributed by atoms with Crippen molar-refractivity contribution in [3.8, 4) is 16.8 Å². The minimum Gasteiger partial charge on any atom is -0.619 e. The van der Waals surface area contributed by atoms with Gasteiger partial charge in [0.15, 0.2) is 12.4 Å².